The van der Waals surface area contributed by atoms with Crippen LogP contribution in [0, 0.1) is 5.82 Å². The van der Waals surface area contributed by atoms with Crippen LogP contribution in [-0.4, -0.2) is 37.5 Å². The number of hydrogen-bond donors (Lipinski definition) is 1. The summed E-state index contributed by atoms with van der Waals surface area (Å²) in [5.74, 6) is -0.232. The number of nitrogens with one attached hydrogen (secondary N) is 1. The number of hydrogen-bond acceptors (Lipinski definition) is 5. The number of benzene rings is 1. The third kappa shape index (κ3) is 3.46. The molecule has 0 fully saturated rings. The Morgan fingerprint density at radius 3 is 2.96 bits per heavy atom. The molecule has 0 unspecified atom stereocenters. The topological polar surface area (TPSA) is 92.5 Å². The normalized spacial score (nSPS) is 14.5. The van der Waals surface area contributed by atoms with Crippen LogP contribution in [-0.2, 0) is 27.8 Å². The lowest BCUT2D eigenvalue weighted by Crippen LogP contribution is -2.37. The van der Waals surface area contributed by atoms with Gasteiger partial charge in [0.2, 0.25) is 15.9 Å². The molecule has 1 aliphatic rings. The molecule has 1 N–H and O–H groups in total. The fourth-order valence-corrected chi connectivity index (χ4v) is 3.65. The van der Waals surface area contributed by atoms with Gasteiger partial charge in [-0.25, -0.2) is 17.5 Å². The van der Waals surface area contributed by atoms with E-state index in [1.165, 1.54) is 18.2 Å². The second-order valence-electron chi connectivity index (χ2n) is 5.42. The predicted molar refractivity (Wildman–Crippen MR) is 81.8 cm³/mol. The fraction of sp³-hybridized carbons (Fsp3) is 0.333. The summed E-state index contributed by atoms with van der Waals surface area (Å²) in [5.41, 5.74) is 0.863. The standard InChI is InChI=1S/C15H16FN3O4S/c16-12-3-1-2-4-14(12)24(21,22)18-7-5-15(20)19-8-6-13-11(10-19)9-17-23-13/h1-4,9,18H,5-8,10H2. The Morgan fingerprint density at radius 2 is 2.17 bits per heavy atom. The molecule has 128 valence electrons. The van der Waals surface area contributed by atoms with Crippen molar-refractivity contribution in [2.75, 3.05) is 13.1 Å². The van der Waals surface area contributed by atoms with E-state index in [4.69, 9.17) is 4.52 Å². The average Bonchev–Trinajstić information content (AvgIpc) is 3.02. The molecule has 2 aromatic rings. The van der Waals surface area contributed by atoms with Gasteiger partial charge in [-0.3, -0.25) is 4.79 Å². The summed E-state index contributed by atoms with van der Waals surface area (Å²) in [6, 6.07) is 5.10. The molecular weight excluding hydrogens is 337 g/mol. The highest BCUT2D eigenvalue weighted by atomic mass is 32.2. The monoisotopic (exact) mass is 353 g/mol. The zero-order valence-corrected chi connectivity index (χ0v) is 13.6. The van der Waals surface area contributed by atoms with E-state index in [9.17, 15) is 17.6 Å². The first-order chi connectivity index (χ1) is 11.5. The minimum atomic E-state index is -3.98. The first kappa shape index (κ1) is 16.6. The van der Waals surface area contributed by atoms with Crippen molar-refractivity contribution < 1.29 is 22.1 Å². The smallest absolute Gasteiger partial charge is 0.243 e. The number of aromatic nitrogens is 1. The first-order valence-corrected chi connectivity index (χ1v) is 8.90. The maximum atomic E-state index is 13.6. The van der Waals surface area contributed by atoms with Gasteiger partial charge in [0, 0.05) is 31.5 Å². The minimum Gasteiger partial charge on any atom is -0.361 e. The van der Waals surface area contributed by atoms with E-state index in [0.717, 1.165) is 17.4 Å². The molecule has 1 aliphatic heterocycles. The van der Waals surface area contributed by atoms with Gasteiger partial charge in [-0.05, 0) is 12.1 Å². The number of carbonyl (C=O) groups is 1. The van der Waals surface area contributed by atoms with Gasteiger partial charge in [-0.2, -0.15) is 0 Å². The van der Waals surface area contributed by atoms with E-state index in [1.54, 1.807) is 11.1 Å². The molecule has 3 rings (SSSR count). The second kappa shape index (κ2) is 6.70. The summed E-state index contributed by atoms with van der Waals surface area (Å²) in [5, 5.41) is 3.69. The summed E-state index contributed by atoms with van der Waals surface area (Å²) in [4.78, 5) is 13.4. The van der Waals surface area contributed by atoms with Crippen molar-refractivity contribution in [1.29, 1.82) is 0 Å². The van der Waals surface area contributed by atoms with Crippen molar-refractivity contribution in [3.63, 3.8) is 0 Å². The maximum Gasteiger partial charge on any atom is 0.243 e. The molecule has 0 bridgehead atoms. The van der Waals surface area contributed by atoms with Crippen molar-refractivity contribution in [3.8, 4) is 0 Å². The predicted octanol–water partition coefficient (Wildman–Crippen LogP) is 1.07. The molecule has 9 heteroatoms. The van der Waals surface area contributed by atoms with Crippen LogP contribution in [0.3, 0.4) is 0 Å². The quantitative estimate of drug-likeness (QED) is 0.868. The van der Waals surface area contributed by atoms with E-state index in [0.29, 0.717) is 19.5 Å². The highest BCUT2D eigenvalue weighted by molar-refractivity contribution is 7.89. The van der Waals surface area contributed by atoms with Gasteiger partial charge in [0.15, 0.2) is 0 Å². The zero-order chi connectivity index (χ0) is 17.2. The molecule has 0 aliphatic carbocycles. The number of rotatable bonds is 5. The molecule has 0 spiro atoms. The lowest BCUT2D eigenvalue weighted by molar-refractivity contribution is -0.132. The highest BCUT2D eigenvalue weighted by Crippen LogP contribution is 2.18. The molecule has 0 radical (unpaired) electrons. The highest BCUT2D eigenvalue weighted by Gasteiger charge is 2.24. The van der Waals surface area contributed by atoms with Crippen LogP contribution in [0.15, 0.2) is 39.9 Å². The van der Waals surface area contributed by atoms with E-state index < -0.39 is 20.7 Å². The van der Waals surface area contributed by atoms with Crippen molar-refractivity contribution in [3.05, 3.63) is 47.6 Å². The van der Waals surface area contributed by atoms with Gasteiger partial charge in [-0.1, -0.05) is 17.3 Å². The third-order valence-corrected chi connectivity index (χ3v) is 5.30. The van der Waals surface area contributed by atoms with Crippen LogP contribution < -0.4 is 4.72 Å². The zero-order valence-electron chi connectivity index (χ0n) is 12.7. The number of nitrogens with zero attached hydrogens (tertiary/aromatic N) is 2. The van der Waals surface area contributed by atoms with Crippen LogP contribution in [0.4, 0.5) is 4.39 Å². The van der Waals surface area contributed by atoms with Crippen LogP contribution in [0.25, 0.3) is 0 Å². The van der Waals surface area contributed by atoms with Gasteiger partial charge in [0.1, 0.15) is 16.5 Å². The van der Waals surface area contributed by atoms with E-state index >= 15 is 0 Å². The van der Waals surface area contributed by atoms with Gasteiger partial charge < -0.3 is 9.42 Å². The Bertz CT molecular complexity index is 850. The van der Waals surface area contributed by atoms with Crippen molar-refractivity contribution >= 4 is 15.9 Å². The molecule has 1 amide bonds. The lowest BCUT2D eigenvalue weighted by atomic mass is 10.1. The Labute approximate surface area is 138 Å². The summed E-state index contributed by atoms with van der Waals surface area (Å²) in [6.45, 7) is 0.807. The Hall–Kier alpha value is -2.26. The Balaban J connectivity index is 1.55. The van der Waals surface area contributed by atoms with Crippen LogP contribution in [0.2, 0.25) is 0 Å². The van der Waals surface area contributed by atoms with E-state index in [-0.39, 0.29) is 18.9 Å². The number of carbonyl (C=O) groups excluding carboxylic acids is 1. The summed E-state index contributed by atoms with van der Waals surface area (Å²) >= 11 is 0. The van der Waals surface area contributed by atoms with Gasteiger partial charge >= 0.3 is 0 Å². The first-order valence-electron chi connectivity index (χ1n) is 7.42. The summed E-state index contributed by atoms with van der Waals surface area (Å²) < 4.78 is 45.0. The van der Waals surface area contributed by atoms with Crippen LogP contribution in [0.1, 0.15) is 17.7 Å². The molecule has 1 aromatic carbocycles. The molecule has 2 heterocycles. The molecule has 24 heavy (non-hydrogen) atoms. The second-order valence-corrected chi connectivity index (χ2v) is 7.15. The minimum absolute atomic E-state index is 0.00566. The number of fused-ring (bicyclic) bond motifs is 1. The maximum absolute atomic E-state index is 13.6. The van der Waals surface area contributed by atoms with Gasteiger partial charge in [-0.15, -0.1) is 0 Å². The van der Waals surface area contributed by atoms with Crippen molar-refractivity contribution in [2.24, 2.45) is 0 Å². The van der Waals surface area contributed by atoms with E-state index in [2.05, 4.69) is 9.88 Å². The van der Waals surface area contributed by atoms with Gasteiger partial charge in [0.05, 0.1) is 12.7 Å². The number of sulfonamides is 1. The molecule has 1 aromatic heterocycles. The van der Waals surface area contributed by atoms with Gasteiger partial charge in [0.25, 0.3) is 0 Å². The summed E-state index contributed by atoms with van der Waals surface area (Å²) in [6.07, 6.45) is 2.16. The summed E-state index contributed by atoms with van der Waals surface area (Å²) in [7, 11) is -3.98. The molecular formula is C15H16FN3O4S. The Morgan fingerprint density at radius 1 is 1.38 bits per heavy atom. The van der Waals surface area contributed by atoms with Crippen LogP contribution >= 0.6 is 0 Å². The fourth-order valence-electron chi connectivity index (χ4n) is 2.54. The number of amides is 1. The lowest BCUT2D eigenvalue weighted by Gasteiger charge is -2.25. The molecule has 0 saturated heterocycles. The third-order valence-electron chi connectivity index (χ3n) is 3.81. The molecule has 0 atom stereocenters. The van der Waals surface area contributed by atoms with Crippen LogP contribution in [0.5, 0.6) is 0 Å². The SMILES string of the molecule is O=C(CCNS(=O)(=O)c1ccccc1F)N1CCc2oncc2C1. The Kier molecular flexibility index (Phi) is 4.63. The average molecular weight is 353 g/mol. The van der Waals surface area contributed by atoms with E-state index in [1.807, 2.05) is 0 Å². The molecule has 7 nitrogen and oxygen atoms in total. The largest absolute Gasteiger partial charge is 0.361 e. The molecule has 0 saturated carbocycles. The van der Waals surface area contributed by atoms with Crippen molar-refractivity contribution in [2.45, 2.75) is 24.3 Å². The van der Waals surface area contributed by atoms with Crippen molar-refractivity contribution in [1.82, 2.24) is 14.8 Å². The number of halogens is 1.